The summed E-state index contributed by atoms with van der Waals surface area (Å²) in [7, 11) is 4.22. The van der Waals surface area contributed by atoms with Crippen molar-refractivity contribution in [3.8, 4) is 0 Å². The summed E-state index contributed by atoms with van der Waals surface area (Å²) >= 11 is 3.68. The minimum atomic E-state index is 0.0691. The van der Waals surface area contributed by atoms with Gasteiger partial charge in [0.2, 0.25) is 0 Å². The molecule has 0 saturated heterocycles. The molecule has 108 valence electrons. The Hall–Kier alpha value is -0.580. The molecular weight excluding hydrogens is 302 g/mol. The number of rotatable bonds is 6. The van der Waals surface area contributed by atoms with Gasteiger partial charge in [0.1, 0.15) is 0 Å². The highest BCUT2D eigenvalue weighted by molar-refractivity contribution is 9.10. The fraction of sp³-hybridized carbons (Fsp3) is 0.600. The molecule has 3 nitrogen and oxygen atoms in total. The monoisotopic (exact) mass is 327 g/mol. The molecule has 1 aromatic rings. The molecule has 1 aromatic carbocycles. The van der Waals surface area contributed by atoms with E-state index in [-0.39, 0.29) is 6.04 Å². The second-order valence-electron chi connectivity index (χ2n) is 5.40. The van der Waals surface area contributed by atoms with Gasteiger partial charge in [-0.15, -0.1) is 0 Å². The van der Waals surface area contributed by atoms with Gasteiger partial charge in [-0.2, -0.15) is 0 Å². The van der Waals surface area contributed by atoms with Crippen molar-refractivity contribution in [2.24, 2.45) is 5.73 Å². The zero-order valence-electron chi connectivity index (χ0n) is 12.7. The number of nitrogens with two attached hydrogens (primary N) is 1. The molecule has 19 heavy (non-hydrogen) atoms. The van der Waals surface area contributed by atoms with Crippen LogP contribution in [-0.2, 0) is 0 Å². The number of halogens is 1. The molecule has 0 aliphatic heterocycles. The van der Waals surface area contributed by atoms with Crippen LogP contribution >= 0.6 is 15.9 Å². The van der Waals surface area contributed by atoms with E-state index in [9.17, 15) is 0 Å². The van der Waals surface area contributed by atoms with E-state index in [4.69, 9.17) is 5.73 Å². The first-order chi connectivity index (χ1) is 8.86. The number of hydrogen-bond acceptors (Lipinski definition) is 3. The highest BCUT2D eigenvalue weighted by Crippen LogP contribution is 2.30. The van der Waals surface area contributed by atoms with E-state index in [1.54, 1.807) is 0 Å². The van der Waals surface area contributed by atoms with Crippen molar-refractivity contribution < 1.29 is 0 Å². The Kier molecular flexibility index (Phi) is 6.30. The molecule has 0 fully saturated rings. The molecule has 2 atom stereocenters. The Morgan fingerprint density at radius 2 is 1.89 bits per heavy atom. The van der Waals surface area contributed by atoms with E-state index in [1.165, 1.54) is 5.69 Å². The lowest BCUT2D eigenvalue weighted by Gasteiger charge is -2.33. The number of anilines is 1. The van der Waals surface area contributed by atoms with Crippen LogP contribution in [0.2, 0.25) is 0 Å². The number of benzene rings is 1. The average molecular weight is 328 g/mol. The third kappa shape index (κ3) is 4.48. The molecule has 2 N–H and O–H groups in total. The Bertz CT molecular complexity index is 404. The standard InChI is InChI=1S/C15H26BrN3/c1-6-19(11(2)10-18(4)5)15-8-7-13(12(3)17)9-14(15)16/h7-9,11-12H,6,10,17H2,1-5H3/t11?,12-/m1/s1. The van der Waals surface area contributed by atoms with Crippen molar-refractivity contribution in [2.45, 2.75) is 32.9 Å². The Morgan fingerprint density at radius 1 is 1.26 bits per heavy atom. The van der Waals surface area contributed by atoms with E-state index in [0.717, 1.165) is 23.1 Å². The van der Waals surface area contributed by atoms with Crippen LogP contribution in [0.15, 0.2) is 22.7 Å². The molecule has 0 bridgehead atoms. The van der Waals surface area contributed by atoms with E-state index in [1.807, 2.05) is 6.92 Å². The van der Waals surface area contributed by atoms with Gasteiger partial charge in [0, 0.05) is 29.6 Å². The summed E-state index contributed by atoms with van der Waals surface area (Å²) < 4.78 is 1.12. The van der Waals surface area contributed by atoms with E-state index < -0.39 is 0 Å². The highest BCUT2D eigenvalue weighted by atomic mass is 79.9. The Labute approximate surface area is 125 Å². The molecule has 0 saturated carbocycles. The molecule has 0 aromatic heterocycles. The van der Waals surface area contributed by atoms with Gasteiger partial charge in [0.25, 0.3) is 0 Å². The van der Waals surface area contributed by atoms with Crippen LogP contribution in [0.3, 0.4) is 0 Å². The van der Waals surface area contributed by atoms with Crippen molar-refractivity contribution in [1.82, 2.24) is 4.90 Å². The Morgan fingerprint density at radius 3 is 2.32 bits per heavy atom. The topological polar surface area (TPSA) is 32.5 Å². The molecule has 1 unspecified atom stereocenters. The zero-order valence-corrected chi connectivity index (χ0v) is 14.2. The minimum absolute atomic E-state index is 0.0691. The summed E-state index contributed by atoms with van der Waals surface area (Å²) in [6, 6.07) is 6.95. The van der Waals surface area contributed by atoms with Crippen molar-refractivity contribution in [3.63, 3.8) is 0 Å². The highest BCUT2D eigenvalue weighted by Gasteiger charge is 2.16. The summed E-state index contributed by atoms with van der Waals surface area (Å²) in [5.41, 5.74) is 8.32. The fourth-order valence-corrected chi connectivity index (χ4v) is 3.01. The van der Waals surface area contributed by atoms with Crippen LogP contribution in [0.5, 0.6) is 0 Å². The molecule has 0 aliphatic carbocycles. The zero-order chi connectivity index (χ0) is 14.6. The molecule has 4 heteroatoms. The molecule has 0 aliphatic rings. The Balaban J connectivity index is 2.98. The third-order valence-electron chi connectivity index (χ3n) is 3.31. The van der Waals surface area contributed by atoms with Gasteiger partial charge in [-0.25, -0.2) is 0 Å². The maximum absolute atomic E-state index is 5.93. The lowest BCUT2D eigenvalue weighted by Crippen LogP contribution is -2.40. The van der Waals surface area contributed by atoms with E-state index in [2.05, 4.69) is 71.9 Å². The summed E-state index contributed by atoms with van der Waals surface area (Å²) in [6.45, 7) is 8.49. The quantitative estimate of drug-likeness (QED) is 0.870. The molecular formula is C15H26BrN3. The second kappa shape index (κ2) is 7.27. The van der Waals surface area contributed by atoms with Gasteiger partial charge in [-0.3, -0.25) is 0 Å². The lowest BCUT2D eigenvalue weighted by atomic mass is 10.1. The predicted octanol–water partition coefficient (Wildman–Crippen LogP) is 3.25. The second-order valence-corrected chi connectivity index (χ2v) is 6.25. The first-order valence-corrected chi connectivity index (χ1v) is 7.62. The van der Waals surface area contributed by atoms with E-state index in [0.29, 0.717) is 6.04 Å². The molecule has 0 amide bonds. The SMILES string of the molecule is CCN(c1ccc([C@@H](C)N)cc1Br)C(C)CN(C)C. The van der Waals surface area contributed by atoms with Crippen molar-refractivity contribution >= 4 is 21.6 Å². The first kappa shape index (κ1) is 16.5. The number of nitrogens with zero attached hydrogens (tertiary/aromatic N) is 2. The van der Waals surface area contributed by atoms with Crippen molar-refractivity contribution in [1.29, 1.82) is 0 Å². The van der Waals surface area contributed by atoms with Crippen molar-refractivity contribution in [2.75, 3.05) is 32.1 Å². The van der Waals surface area contributed by atoms with Crippen LogP contribution in [0, 0.1) is 0 Å². The summed E-state index contributed by atoms with van der Waals surface area (Å²) in [5.74, 6) is 0. The summed E-state index contributed by atoms with van der Waals surface area (Å²) in [6.07, 6.45) is 0. The predicted molar refractivity (Wildman–Crippen MR) is 87.8 cm³/mol. The van der Waals surface area contributed by atoms with E-state index >= 15 is 0 Å². The van der Waals surface area contributed by atoms with Gasteiger partial charge in [0.15, 0.2) is 0 Å². The van der Waals surface area contributed by atoms with Crippen LogP contribution < -0.4 is 10.6 Å². The van der Waals surface area contributed by atoms with Gasteiger partial charge in [0.05, 0.1) is 5.69 Å². The lowest BCUT2D eigenvalue weighted by molar-refractivity contribution is 0.373. The molecule has 0 radical (unpaired) electrons. The molecule has 0 heterocycles. The molecule has 0 spiro atoms. The normalized spacial score (nSPS) is 14.5. The maximum Gasteiger partial charge on any atom is 0.0513 e. The average Bonchev–Trinajstić information content (AvgIpc) is 2.30. The van der Waals surface area contributed by atoms with Crippen LogP contribution in [0.4, 0.5) is 5.69 Å². The van der Waals surface area contributed by atoms with Gasteiger partial charge < -0.3 is 15.5 Å². The largest absolute Gasteiger partial charge is 0.367 e. The third-order valence-corrected chi connectivity index (χ3v) is 3.94. The van der Waals surface area contributed by atoms with Crippen molar-refractivity contribution in [3.05, 3.63) is 28.2 Å². The number of likely N-dealkylation sites (N-methyl/N-ethyl adjacent to an activating group) is 2. The van der Waals surface area contributed by atoms with Crippen LogP contribution in [0.1, 0.15) is 32.4 Å². The van der Waals surface area contributed by atoms with Crippen LogP contribution in [-0.4, -0.2) is 38.1 Å². The first-order valence-electron chi connectivity index (χ1n) is 6.83. The minimum Gasteiger partial charge on any atom is -0.367 e. The smallest absolute Gasteiger partial charge is 0.0513 e. The summed E-state index contributed by atoms with van der Waals surface area (Å²) in [5, 5.41) is 0. The van der Waals surface area contributed by atoms with Crippen LogP contribution in [0.25, 0.3) is 0 Å². The van der Waals surface area contributed by atoms with Gasteiger partial charge >= 0.3 is 0 Å². The summed E-state index contributed by atoms with van der Waals surface area (Å²) in [4.78, 5) is 4.63. The number of hydrogen-bond donors (Lipinski definition) is 1. The molecule has 1 rings (SSSR count). The van der Waals surface area contributed by atoms with Gasteiger partial charge in [-0.1, -0.05) is 6.07 Å². The maximum atomic E-state index is 5.93. The van der Waals surface area contributed by atoms with Gasteiger partial charge in [-0.05, 0) is 68.5 Å². The fourth-order valence-electron chi connectivity index (χ4n) is 2.39.